The van der Waals surface area contributed by atoms with Gasteiger partial charge >= 0.3 is 0 Å². The number of halogens is 1. The van der Waals surface area contributed by atoms with Crippen molar-refractivity contribution in [1.82, 2.24) is 0 Å². The minimum Gasteiger partial charge on any atom is -0.364 e. The number of hydrogen-bond donors (Lipinski definition) is 4. The molecule has 4 rings (SSSR count). The number of carbonyl (C=O) groups is 3. The van der Waals surface area contributed by atoms with Crippen LogP contribution in [0.15, 0.2) is 48.5 Å². The van der Waals surface area contributed by atoms with Gasteiger partial charge in [-0.2, -0.15) is 0 Å². The fourth-order valence-electron chi connectivity index (χ4n) is 5.42. The van der Waals surface area contributed by atoms with Crippen LogP contribution >= 0.6 is 11.6 Å². The Kier molecular flexibility index (Phi) is 7.66. The molecule has 180 valence electrons. The smallest absolute Gasteiger partial charge is 0.279 e. The molecule has 0 atom stereocenters. The Morgan fingerprint density at radius 1 is 0.941 bits per heavy atom. The second kappa shape index (κ2) is 10.7. The number of nitrogens with one attached hydrogen (secondary N) is 3. The van der Waals surface area contributed by atoms with Gasteiger partial charge in [0.25, 0.3) is 11.8 Å². The summed E-state index contributed by atoms with van der Waals surface area (Å²) >= 11 is 6.15. The number of nitrogens with two attached hydrogens (primary N) is 1. The fraction of sp³-hybridized carbons (Fsp3) is 0.423. The van der Waals surface area contributed by atoms with Crippen molar-refractivity contribution >= 4 is 34.9 Å². The van der Waals surface area contributed by atoms with Gasteiger partial charge in [0.1, 0.15) is 0 Å². The van der Waals surface area contributed by atoms with E-state index in [0.717, 1.165) is 43.9 Å². The number of piperidine rings is 2. The molecule has 2 amide bonds. The molecule has 2 aliphatic rings. The lowest BCUT2D eigenvalue weighted by molar-refractivity contribution is -0.972. The number of primary amides is 1. The molecule has 7 nitrogen and oxygen atoms in total. The van der Waals surface area contributed by atoms with Crippen LogP contribution in [-0.2, 0) is 9.59 Å². The quantitative estimate of drug-likeness (QED) is 0.430. The Bertz CT molecular complexity index is 1050. The Morgan fingerprint density at radius 2 is 1.62 bits per heavy atom. The average molecular weight is 485 g/mol. The van der Waals surface area contributed by atoms with E-state index in [1.165, 1.54) is 11.3 Å². The molecule has 2 aromatic rings. The van der Waals surface area contributed by atoms with Gasteiger partial charge in [-0.05, 0) is 37.5 Å². The van der Waals surface area contributed by atoms with Gasteiger partial charge in [-0.25, -0.2) is 0 Å². The summed E-state index contributed by atoms with van der Waals surface area (Å²) in [7, 11) is 0. The minimum atomic E-state index is -0.508. The number of amides is 2. The maximum atomic E-state index is 13.0. The third kappa shape index (κ3) is 5.32. The predicted molar refractivity (Wildman–Crippen MR) is 131 cm³/mol. The van der Waals surface area contributed by atoms with E-state index in [1.807, 2.05) is 6.07 Å². The molecule has 0 aromatic heterocycles. The third-order valence-corrected chi connectivity index (χ3v) is 7.60. The number of benzene rings is 2. The highest BCUT2D eigenvalue weighted by molar-refractivity contribution is 6.31. The van der Waals surface area contributed by atoms with Gasteiger partial charge < -0.3 is 20.9 Å². The highest BCUT2D eigenvalue weighted by Crippen LogP contribution is 2.24. The Hall–Kier alpha value is -2.74. The van der Waals surface area contributed by atoms with Crippen molar-refractivity contribution < 1.29 is 24.2 Å². The Balaban J connectivity index is 1.40. The topological polar surface area (TPSA) is 98.1 Å². The zero-order valence-electron chi connectivity index (χ0n) is 19.4. The second-order valence-electron chi connectivity index (χ2n) is 9.47. The normalized spacial score (nSPS) is 23.3. The van der Waals surface area contributed by atoms with E-state index in [-0.39, 0.29) is 24.1 Å². The third-order valence-electron chi connectivity index (χ3n) is 7.36. The molecular formula is C26H33ClN4O3+2. The molecule has 2 aliphatic heterocycles. The van der Waals surface area contributed by atoms with E-state index in [0.29, 0.717) is 34.7 Å². The number of rotatable bonds is 7. The van der Waals surface area contributed by atoms with Crippen molar-refractivity contribution in [1.29, 1.82) is 0 Å². The van der Waals surface area contributed by atoms with Crippen molar-refractivity contribution in [2.45, 2.75) is 37.6 Å². The molecule has 0 aliphatic carbocycles. The molecule has 0 unspecified atom stereocenters. The van der Waals surface area contributed by atoms with E-state index in [1.54, 1.807) is 42.5 Å². The maximum Gasteiger partial charge on any atom is 0.279 e. The van der Waals surface area contributed by atoms with Crippen molar-refractivity contribution in [3.63, 3.8) is 0 Å². The largest absolute Gasteiger partial charge is 0.364 e. The lowest BCUT2D eigenvalue weighted by Gasteiger charge is -2.43. The summed E-state index contributed by atoms with van der Waals surface area (Å²) in [4.78, 5) is 40.8. The van der Waals surface area contributed by atoms with Crippen LogP contribution in [0.1, 0.15) is 48.0 Å². The summed E-state index contributed by atoms with van der Waals surface area (Å²) in [5.41, 5.74) is 6.73. The Labute approximate surface area is 205 Å². The Morgan fingerprint density at radius 3 is 2.26 bits per heavy atom. The molecule has 0 bridgehead atoms. The van der Waals surface area contributed by atoms with Crippen LogP contribution in [0.4, 0.5) is 5.69 Å². The fourth-order valence-corrected chi connectivity index (χ4v) is 5.59. The van der Waals surface area contributed by atoms with Gasteiger partial charge in [0.05, 0.1) is 44.7 Å². The first-order valence-corrected chi connectivity index (χ1v) is 12.4. The molecule has 2 aromatic carbocycles. The van der Waals surface area contributed by atoms with Gasteiger partial charge in [0.2, 0.25) is 0 Å². The van der Waals surface area contributed by atoms with Crippen molar-refractivity contribution in [3.05, 3.63) is 64.7 Å². The summed E-state index contributed by atoms with van der Waals surface area (Å²) < 4.78 is 0. The van der Waals surface area contributed by atoms with Gasteiger partial charge in [-0.3, -0.25) is 14.4 Å². The van der Waals surface area contributed by atoms with E-state index < -0.39 is 5.54 Å². The molecule has 2 heterocycles. The van der Waals surface area contributed by atoms with Crippen LogP contribution in [0.2, 0.25) is 5.02 Å². The van der Waals surface area contributed by atoms with Crippen LogP contribution in [0, 0.1) is 0 Å². The molecule has 0 radical (unpaired) electrons. The molecule has 34 heavy (non-hydrogen) atoms. The lowest BCUT2D eigenvalue weighted by atomic mass is 9.83. The molecule has 2 saturated heterocycles. The first kappa shape index (κ1) is 24.4. The van der Waals surface area contributed by atoms with Crippen LogP contribution in [0.3, 0.4) is 0 Å². The number of anilines is 1. The molecule has 0 saturated carbocycles. The van der Waals surface area contributed by atoms with Gasteiger partial charge in [0, 0.05) is 16.1 Å². The number of hydrogen-bond acceptors (Lipinski definition) is 3. The van der Waals surface area contributed by atoms with Crippen molar-refractivity contribution in [2.24, 2.45) is 5.73 Å². The SMILES string of the molecule is NC(=O)C1([NH+]2CCCCC2)CC[NH+](CC(=O)Nc2ccc(Cl)cc2C(=O)c2ccccc2)CC1. The maximum absolute atomic E-state index is 13.0. The molecule has 2 fully saturated rings. The predicted octanol–water partition coefficient (Wildman–Crippen LogP) is 0.481. The van der Waals surface area contributed by atoms with Crippen LogP contribution in [0.5, 0.6) is 0 Å². The summed E-state index contributed by atoms with van der Waals surface area (Å²) in [6.45, 7) is 3.69. The molecule has 8 heteroatoms. The van der Waals surface area contributed by atoms with E-state index in [2.05, 4.69) is 5.32 Å². The first-order valence-electron chi connectivity index (χ1n) is 12.1. The van der Waals surface area contributed by atoms with Crippen molar-refractivity contribution in [2.75, 3.05) is 38.0 Å². The number of carbonyl (C=O) groups excluding carboxylic acids is 3. The summed E-state index contributed by atoms with van der Waals surface area (Å²) in [6, 6.07) is 13.8. The first-order chi connectivity index (χ1) is 16.4. The number of quaternary nitrogens is 2. The van der Waals surface area contributed by atoms with Crippen molar-refractivity contribution in [3.8, 4) is 0 Å². The highest BCUT2D eigenvalue weighted by atomic mass is 35.5. The molecule has 5 N–H and O–H groups in total. The average Bonchev–Trinajstić information content (AvgIpc) is 2.86. The molecule has 0 spiro atoms. The van der Waals surface area contributed by atoms with Crippen LogP contribution in [-0.4, -0.2) is 55.9 Å². The summed E-state index contributed by atoms with van der Waals surface area (Å²) in [5, 5.41) is 3.34. The summed E-state index contributed by atoms with van der Waals surface area (Å²) in [6.07, 6.45) is 4.87. The van der Waals surface area contributed by atoms with Crippen LogP contribution < -0.4 is 20.9 Å². The highest BCUT2D eigenvalue weighted by Gasteiger charge is 2.50. The van der Waals surface area contributed by atoms with E-state index in [4.69, 9.17) is 17.3 Å². The number of likely N-dealkylation sites (tertiary alicyclic amines) is 2. The summed E-state index contributed by atoms with van der Waals surface area (Å²) in [5.74, 6) is -0.575. The van der Waals surface area contributed by atoms with E-state index in [9.17, 15) is 14.4 Å². The zero-order valence-corrected chi connectivity index (χ0v) is 20.1. The second-order valence-corrected chi connectivity index (χ2v) is 9.91. The van der Waals surface area contributed by atoms with Gasteiger partial charge in [-0.15, -0.1) is 0 Å². The van der Waals surface area contributed by atoms with Gasteiger partial charge in [-0.1, -0.05) is 41.9 Å². The number of ketones is 1. The van der Waals surface area contributed by atoms with Gasteiger partial charge in [0.15, 0.2) is 17.9 Å². The monoisotopic (exact) mass is 484 g/mol. The standard InChI is InChI=1S/C26H31ClN4O3/c27-20-9-10-22(21(17-20)24(33)19-7-3-1-4-8-19)29-23(32)18-30-15-11-26(12-16-30,25(28)34)31-13-5-2-6-14-31/h1,3-4,7-10,17H,2,5-6,11-16,18H2,(H2,28,34)(H,29,32)/p+2. The lowest BCUT2D eigenvalue weighted by Crippen LogP contribution is -3.26. The minimum absolute atomic E-state index is 0.170. The van der Waals surface area contributed by atoms with Crippen LogP contribution in [0.25, 0.3) is 0 Å². The van der Waals surface area contributed by atoms with E-state index >= 15 is 0 Å². The molecular weight excluding hydrogens is 452 g/mol. The zero-order chi connectivity index (χ0) is 24.1.